The van der Waals surface area contributed by atoms with Gasteiger partial charge in [-0.2, -0.15) is 4.31 Å². The molecule has 2 atom stereocenters. The van der Waals surface area contributed by atoms with Crippen LogP contribution < -0.4 is 14.8 Å². The van der Waals surface area contributed by atoms with Crippen LogP contribution in [0.5, 0.6) is 11.5 Å². The molecule has 0 spiro atoms. The van der Waals surface area contributed by atoms with E-state index in [9.17, 15) is 13.2 Å². The molecule has 1 aliphatic heterocycles. The molecule has 2 aromatic carbocycles. The number of hydrogen-bond donors (Lipinski definition) is 1. The zero-order valence-electron chi connectivity index (χ0n) is 17.9. The third kappa shape index (κ3) is 4.76. The number of hydrogen-bond acceptors (Lipinski definition) is 5. The predicted octanol–water partition coefficient (Wildman–Crippen LogP) is 3.05. The summed E-state index contributed by atoms with van der Waals surface area (Å²) in [5.74, 6) is 0.915. The van der Waals surface area contributed by atoms with E-state index in [0.29, 0.717) is 23.5 Å². The van der Waals surface area contributed by atoms with Crippen molar-refractivity contribution in [3.05, 3.63) is 59.7 Å². The number of benzene rings is 2. The fraction of sp³-hybridized carbons (Fsp3) is 0.409. The number of carbonyl (C=O) groups is 1. The molecule has 162 valence electrons. The van der Waals surface area contributed by atoms with Gasteiger partial charge in [-0.3, -0.25) is 4.79 Å². The maximum atomic E-state index is 13.4. The molecule has 30 heavy (non-hydrogen) atoms. The van der Waals surface area contributed by atoms with Crippen LogP contribution in [-0.4, -0.2) is 44.6 Å². The van der Waals surface area contributed by atoms with Gasteiger partial charge in [-0.1, -0.05) is 30.3 Å². The summed E-state index contributed by atoms with van der Waals surface area (Å²) in [5, 5.41) is 3.05. The standard InChI is InChI=1S/C22H28N2O5S/c1-22(2)14-18(17-12-11-16(28-4)13-19(17)29-22)23-21(25)20(24(3)30(5,26)27)15-9-7-6-8-10-15/h6-13,18,20H,14H2,1-5H3,(H,23,25)/t18-,20-/m1/s1. The highest BCUT2D eigenvalue weighted by atomic mass is 32.2. The quantitative estimate of drug-likeness (QED) is 0.758. The van der Waals surface area contributed by atoms with E-state index in [1.54, 1.807) is 37.4 Å². The van der Waals surface area contributed by atoms with Gasteiger partial charge in [0.05, 0.1) is 19.4 Å². The molecule has 1 N–H and O–H groups in total. The highest BCUT2D eigenvalue weighted by Crippen LogP contribution is 2.41. The Morgan fingerprint density at radius 3 is 2.50 bits per heavy atom. The first kappa shape index (κ1) is 22.1. The Kier molecular flexibility index (Phi) is 6.10. The van der Waals surface area contributed by atoms with Gasteiger partial charge in [-0.15, -0.1) is 0 Å². The van der Waals surface area contributed by atoms with Gasteiger partial charge in [-0.25, -0.2) is 8.42 Å². The summed E-state index contributed by atoms with van der Waals surface area (Å²) in [6.45, 7) is 3.90. The van der Waals surface area contributed by atoms with Gasteiger partial charge < -0.3 is 14.8 Å². The number of rotatable bonds is 6. The summed E-state index contributed by atoms with van der Waals surface area (Å²) in [7, 11) is -0.597. The lowest BCUT2D eigenvalue weighted by Gasteiger charge is -2.39. The lowest BCUT2D eigenvalue weighted by molar-refractivity contribution is -0.126. The number of carbonyl (C=O) groups excluding carboxylic acids is 1. The van der Waals surface area contributed by atoms with Gasteiger partial charge in [0.2, 0.25) is 15.9 Å². The van der Waals surface area contributed by atoms with Gasteiger partial charge in [0.1, 0.15) is 23.1 Å². The summed E-state index contributed by atoms with van der Waals surface area (Å²) in [4.78, 5) is 13.4. The second-order valence-electron chi connectivity index (χ2n) is 8.12. The first-order chi connectivity index (χ1) is 14.0. The van der Waals surface area contributed by atoms with Crippen molar-refractivity contribution in [1.29, 1.82) is 0 Å². The molecule has 0 saturated carbocycles. The van der Waals surface area contributed by atoms with Crippen molar-refractivity contribution < 1.29 is 22.7 Å². The SMILES string of the molecule is COc1ccc2c(c1)OC(C)(C)C[C@H]2NC(=O)[C@@H](c1ccccc1)N(C)S(C)(=O)=O. The van der Waals surface area contributed by atoms with Crippen molar-refractivity contribution >= 4 is 15.9 Å². The number of nitrogens with zero attached hydrogens (tertiary/aromatic N) is 1. The Labute approximate surface area is 178 Å². The average molecular weight is 433 g/mol. The summed E-state index contributed by atoms with van der Waals surface area (Å²) < 4.78 is 36.9. The Hall–Kier alpha value is -2.58. The molecule has 2 aromatic rings. The second kappa shape index (κ2) is 8.28. The minimum atomic E-state index is -3.60. The van der Waals surface area contributed by atoms with E-state index >= 15 is 0 Å². The number of nitrogens with one attached hydrogen (secondary N) is 1. The van der Waals surface area contributed by atoms with E-state index in [4.69, 9.17) is 9.47 Å². The third-order valence-electron chi connectivity index (χ3n) is 5.24. The number of fused-ring (bicyclic) bond motifs is 1. The van der Waals surface area contributed by atoms with E-state index in [1.165, 1.54) is 7.05 Å². The van der Waals surface area contributed by atoms with Crippen LogP contribution in [0.15, 0.2) is 48.5 Å². The van der Waals surface area contributed by atoms with Crippen LogP contribution in [0.25, 0.3) is 0 Å². The maximum absolute atomic E-state index is 13.4. The van der Waals surface area contributed by atoms with Crippen molar-refractivity contribution in [2.24, 2.45) is 0 Å². The van der Waals surface area contributed by atoms with Crippen LogP contribution in [0.3, 0.4) is 0 Å². The van der Waals surface area contributed by atoms with Crippen molar-refractivity contribution in [1.82, 2.24) is 9.62 Å². The molecule has 0 aliphatic carbocycles. The zero-order valence-corrected chi connectivity index (χ0v) is 18.7. The first-order valence-electron chi connectivity index (χ1n) is 9.67. The minimum absolute atomic E-state index is 0.332. The summed E-state index contributed by atoms with van der Waals surface area (Å²) in [6.07, 6.45) is 1.64. The van der Waals surface area contributed by atoms with E-state index < -0.39 is 27.6 Å². The normalized spacial score (nSPS) is 18.8. The highest BCUT2D eigenvalue weighted by Gasteiger charge is 2.38. The molecule has 1 heterocycles. The maximum Gasteiger partial charge on any atom is 0.243 e. The Bertz CT molecular complexity index is 1020. The minimum Gasteiger partial charge on any atom is -0.497 e. The third-order valence-corrected chi connectivity index (χ3v) is 6.50. The van der Waals surface area contributed by atoms with Crippen LogP contribution in [0.1, 0.15) is 43.5 Å². The van der Waals surface area contributed by atoms with E-state index in [0.717, 1.165) is 16.1 Å². The van der Waals surface area contributed by atoms with Crippen LogP contribution in [0, 0.1) is 0 Å². The van der Waals surface area contributed by atoms with Crippen molar-refractivity contribution in [2.45, 2.75) is 38.0 Å². The molecule has 1 amide bonds. The molecule has 8 heteroatoms. The van der Waals surface area contributed by atoms with E-state index in [-0.39, 0.29) is 6.04 Å². The highest BCUT2D eigenvalue weighted by molar-refractivity contribution is 7.88. The summed E-state index contributed by atoms with van der Waals surface area (Å²) in [6, 6.07) is 13.1. The number of ether oxygens (including phenoxy) is 2. The molecule has 0 fully saturated rings. The smallest absolute Gasteiger partial charge is 0.243 e. The molecular formula is C22H28N2O5S. The Balaban J connectivity index is 1.96. The van der Waals surface area contributed by atoms with Crippen LogP contribution in [-0.2, 0) is 14.8 Å². The van der Waals surface area contributed by atoms with E-state index in [1.807, 2.05) is 32.0 Å². The molecule has 3 rings (SSSR count). The molecule has 0 unspecified atom stereocenters. The largest absolute Gasteiger partial charge is 0.497 e. The monoisotopic (exact) mass is 432 g/mol. The van der Waals surface area contributed by atoms with Gasteiger partial charge in [0, 0.05) is 25.1 Å². The molecule has 0 bridgehead atoms. The Morgan fingerprint density at radius 1 is 1.23 bits per heavy atom. The molecule has 0 radical (unpaired) electrons. The average Bonchev–Trinajstić information content (AvgIpc) is 2.66. The number of methoxy groups -OCH3 is 1. The van der Waals surface area contributed by atoms with Crippen LogP contribution in [0.4, 0.5) is 0 Å². The molecule has 0 aromatic heterocycles. The molecule has 1 aliphatic rings. The molecular weight excluding hydrogens is 404 g/mol. The fourth-order valence-corrected chi connectivity index (χ4v) is 4.29. The first-order valence-corrected chi connectivity index (χ1v) is 11.5. The van der Waals surface area contributed by atoms with E-state index in [2.05, 4.69) is 5.32 Å². The van der Waals surface area contributed by atoms with Gasteiger partial charge in [0.15, 0.2) is 0 Å². The van der Waals surface area contributed by atoms with Crippen molar-refractivity contribution in [3.63, 3.8) is 0 Å². The van der Waals surface area contributed by atoms with Gasteiger partial charge >= 0.3 is 0 Å². The molecule has 7 nitrogen and oxygen atoms in total. The second-order valence-corrected chi connectivity index (χ2v) is 10.2. The lowest BCUT2D eigenvalue weighted by atomic mass is 9.89. The lowest BCUT2D eigenvalue weighted by Crippen LogP contribution is -2.46. The molecule has 0 saturated heterocycles. The van der Waals surface area contributed by atoms with Crippen LogP contribution in [0.2, 0.25) is 0 Å². The topological polar surface area (TPSA) is 84.9 Å². The summed E-state index contributed by atoms with van der Waals surface area (Å²) >= 11 is 0. The van der Waals surface area contributed by atoms with Crippen molar-refractivity contribution in [2.75, 3.05) is 20.4 Å². The Morgan fingerprint density at radius 2 is 1.90 bits per heavy atom. The zero-order chi connectivity index (χ0) is 22.1. The number of amides is 1. The number of sulfonamides is 1. The number of likely N-dealkylation sites (N-methyl/N-ethyl adjacent to an activating group) is 1. The van der Waals surface area contributed by atoms with Crippen LogP contribution >= 0.6 is 0 Å². The van der Waals surface area contributed by atoms with Crippen molar-refractivity contribution in [3.8, 4) is 11.5 Å². The summed E-state index contributed by atoms with van der Waals surface area (Å²) in [5.41, 5.74) is 0.920. The van der Waals surface area contributed by atoms with Gasteiger partial charge in [0.25, 0.3) is 0 Å². The van der Waals surface area contributed by atoms with Gasteiger partial charge in [-0.05, 0) is 31.5 Å². The predicted molar refractivity (Wildman–Crippen MR) is 115 cm³/mol. The fourth-order valence-electron chi connectivity index (χ4n) is 3.69.